The van der Waals surface area contributed by atoms with Crippen LogP contribution in [0.4, 0.5) is 10.1 Å². The summed E-state index contributed by atoms with van der Waals surface area (Å²) in [6.07, 6.45) is 0. The van der Waals surface area contributed by atoms with Crippen LogP contribution in [0.3, 0.4) is 0 Å². The topological polar surface area (TPSA) is 65.2 Å². The van der Waals surface area contributed by atoms with E-state index in [1.807, 2.05) is 4.90 Å². The minimum atomic E-state index is -0.341. The van der Waals surface area contributed by atoms with Crippen LogP contribution in [-0.4, -0.2) is 40.6 Å². The van der Waals surface area contributed by atoms with Crippen molar-refractivity contribution in [2.24, 2.45) is 7.05 Å². The molecule has 30 heavy (non-hydrogen) atoms. The Morgan fingerprint density at radius 1 is 1.13 bits per heavy atom. The van der Waals surface area contributed by atoms with Crippen LogP contribution < -0.4 is 10.5 Å². The maximum absolute atomic E-state index is 13.2. The van der Waals surface area contributed by atoms with Crippen LogP contribution in [0, 0.1) is 17.1 Å². The third-order valence-corrected chi connectivity index (χ3v) is 6.03. The van der Waals surface area contributed by atoms with Crippen molar-refractivity contribution in [3.8, 4) is 6.07 Å². The molecule has 1 atom stereocenters. The Hall–Kier alpha value is -2.95. The first-order valence-electron chi connectivity index (χ1n) is 9.74. The highest BCUT2D eigenvalue weighted by Gasteiger charge is 2.27. The van der Waals surface area contributed by atoms with Crippen molar-refractivity contribution in [2.45, 2.75) is 13.0 Å². The van der Waals surface area contributed by atoms with E-state index in [1.54, 1.807) is 31.3 Å². The summed E-state index contributed by atoms with van der Waals surface area (Å²) in [4.78, 5) is 21.5. The Balaban J connectivity index is 1.66. The number of benzene rings is 1. The Kier molecular flexibility index (Phi) is 5.46. The number of anilines is 1. The maximum atomic E-state index is 13.2. The van der Waals surface area contributed by atoms with Crippen LogP contribution in [-0.2, 0) is 7.05 Å². The predicted molar refractivity (Wildman–Crippen MR) is 115 cm³/mol. The minimum absolute atomic E-state index is 0.0831. The quantitative estimate of drug-likeness (QED) is 0.601. The number of pyridine rings is 2. The van der Waals surface area contributed by atoms with Crippen LogP contribution in [0.1, 0.15) is 24.1 Å². The smallest absolute Gasteiger partial charge is 0.270 e. The third-order valence-electron chi connectivity index (χ3n) is 5.82. The van der Waals surface area contributed by atoms with Gasteiger partial charge in [-0.25, -0.2) is 9.37 Å². The summed E-state index contributed by atoms with van der Waals surface area (Å²) in [6, 6.07) is 12.2. The van der Waals surface area contributed by atoms with Crippen LogP contribution in [0.25, 0.3) is 11.0 Å². The molecule has 3 heterocycles. The second-order valence-corrected chi connectivity index (χ2v) is 7.84. The molecule has 1 aliphatic heterocycles. The summed E-state index contributed by atoms with van der Waals surface area (Å²) in [6.45, 7) is 4.84. The predicted octanol–water partition coefficient (Wildman–Crippen LogP) is 3.48. The van der Waals surface area contributed by atoms with Gasteiger partial charge in [-0.05, 0) is 36.8 Å². The van der Waals surface area contributed by atoms with Gasteiger partial charge >= 0.3 is 0 Å². The Labute approximate surface area is 178 Å². The lowest BCUT2D eigenvalue weighted by molar-refractivity contribution is 0.198. The van der Waals surface area contributed by atoms with E-state index in [1.165, 1.54) is 16.7 Å². The van der Waals surface area contributed by atoms with Crippen LogP contribution in [0.5, 0.6) is 0 Å². The van der Waals surface area contributed by atoms with Crippen molar-refractivity contribution in [1.82, 2.24) is 14.5 Å². The molecule has 0 saturated carbocycles. The molecule has 0 bridgehead atoms. The zero-order chi connectivity index (χ0) is 21.4. The number of aromatic nitrogens is 2. The van der Waals surface area contributed by atoms with Crippen molar-refractivity contribution in [3.05, 3.63) is 68.8 Å². The average molecular weight is 426 g/mol. The fourth-order valence-corrected chi connectivity index (χ4v) is 4.21. The Morgan fingerprint density at radius 3 is 2.43 bits per heavy atom. The molecule has 8 heteroatoms. The van der Waals surface area contributed by atoms with E-state index >= 15 is 0 Å². The van der Waals surface area contributed by atoms with Gasteiger partial charge in [0.05, 0.1) is 11.2 Å². The molecule has 0 unspecified atom stereocenters. The number of nitrogens with zero attached hydrogens (tertiary/aromatic N) is 5. The zero-order valence-corrected chi connectivity index (χ0v) is 17.5. The van der Waals surface area contributed by atoms with Gasteiger partial charge in [0.1, 0.15) is 28.1 Å². The summed E-state index contributed by atoms with van der Waals surface area (Å²) in [5, 5.41) is 10.0. The molecule has 4 rings (SSSR count). The summed E-state index contributed by atoms with van der Waals surface area (Å²) in [5.41, 5.74) is 2.54. The molecule has 2 aromatic heterocycles. The van der Waals surface area contributed by atoms with Gasteiger partial charge in [0.2, 0.25) is 0 Å². The molecule has 3 aromatic rings. The van der Waals surface area contributed by atoms with Gasteiger partial charge in [0.25, 0.3) is 5.56 Å². The highest BCUT2D eigenvalue weighted by atomic mass is 35.5. The van der Waals surface area contributed by atoms with Crippen LogP contribution in [0.2, 0.25) is 5.15 Å². The van der Waals surface area contributed by atoms with E-state index in [9.17, 15) is 14.4 Å². The van der Waals surface area contributed by atoms with Crippen molar-refractivity contribution >= 4 is 28.3 Å². The van der Waals surface area contributed by atoms with Gasteiger partial charge in [-0.1, -0.05) is 23.7 Å². The van der Waals surface area contributed by atoms with Gasteiger partial charge in [0, 0.05) is 39.3 Å². The van der Waals surface area contributed by atoms with Crippen LogP contribution >= 0.6 is 11.6 Å². The fourth-order valence-electron chi connectivity index (χ4n) is 4.06. The zero-order valence-electron chi connectivity index (χ0n) is 16.8. The van der Waals surface area contributed by atoms with Gasteiger partial charge < -0.3 is 9.47 Å². The molecule has 1 aliphatic rings. The highest BCUT2D eigenvalue weighted by molar-refractivity contribution is 6.29. The van der Waals surface area contributed by atoms with Gasteiger partial charge in [-0.3, -0.25) is 9.69 Å². The molecule has 0 N–H and O–H groups in total. The standard InChI is InChI=1S/C22H21ClFN5O/c1-14(15-3-5-16(24)6-4-15)28-9-11-29(12-10-28)21-17(13-25)22(30)27(2)18-7-8-19(23)26-20(18)21/h3-8,14H,9-12H2,1-2H3/t14-/m1/s1. The normalized spacial score (nSPS) is 15.9. The molecule has 0 radical (unpaired) electrons. The largest absolute Gasteiger partial charge is 0.366 e. The molecule has 0 spiro atoms. The Morgan fingerprint density at radius 2 is 1.80 bits per heavy atom. The minimum Gasteiger partial charge on any atom is -0.366 e. The molecule has 1 fully saturated rings. The summed E-state index contributed by atoms with van der Waals surface area (Å²) in [5.74, 6) is -0.247. The maximum Gasteiger partial charge on any atom is 0.270 e. The number of aryl methyl sites for hydroxylation is 1. The number of piperazine rings is 1. The molecular weight excluding hydrogens is 405 g/mol. The number of halogens is 2. The first-order chi connectivity index (χ1) is 14.4. The number of nitriles is 1. The van der Waals surface area contributed by atoms with Crippen molar-refractivity contribution in [2.75, 3.05) is 31.1 Å². The van der Waals surface area contributed by atoms with E-state index in [0.717, 1.165) is 18.7 Å². The lowest BCUT2D eigenvalue weighted by atomic mass is 10.1. The van der Waals surface area contributed by atoms with Crippen molar-refractivity contribution < 1.29 is 4.39 Å². The third kappa shape index (κ3) is 3.53. The van der Waals surface area contributed by atoms with E-state index in [0.29, 0.717) is 35.0 Å². The SMILES string of the molecule is C[C@H](c1ccc(F)cc1)N1CCN(c2c(C#N)c(=O)n(C)c3ccc(Cl)nc23)CC1. The summed E-state index contributed by atoms with van der Waals surface area (Å²) in [7, 11) is 1.63. The first-order valence-corrected chi connectivity index (χ1v) is 10.1. The lowest BCUT2D eigenvalue weighted by Gasteiger charge is -2.39. The summed E-state index contributed by atoms with van der Waals surface area (Å²) < 4.78 is 14.7. The average Bonchev–Trinajstić information content (AvgIpc) is 2.76. The first kappa shape index (κ1) is 20.3. The monoisotopic (exact) mass is 425 g/mol. The summed E-state index contributed by atoms with van der Waals surface area (Å²) >= 11 is 6.13. The molecule has 0 aliphatic carbocycles. The van der Waals surface area contributed by atoms with Crippen molar-refractivity contribution in [1.29, 1.82) is 5.26 Å². The highest BCUT2D eigenvalue weighted by Crippen LogP contribution is 2.30. The molecule has 154 valence electrons. The molecular formula is C22H21ClFN5O. The number of fused-ring (bicyclic) bond motifs is 1. The van der Waals surface area contributed by atoms with Gasteiger partial charge in [-0.15, -0.1) is 0 Å². The van der Waals surface area contributed by atoms with Gasteiger partial charge in [-0.2, -0.15) is 5.26 Å². The Bertz CT molecular complexity index is 1190. The van der Waals surface area contributed by atoms with E-state index < -0.39 is 0 Å². The van der Waals surface area contributed by atoms with Crippen LogP contribution in [0.15, 0.2) is 41.2 Å². The van der Waals surface area contributed by atoms with Crippen molar-refractivity contribution in [3.63, 3.8) is 0 Å². The second-order valence-electron chi connectivity index (χ2n) is 7.45. The fraction of sp³-hybridized carbons (Fsp3) is 0.318. The van der Waals surface area contributed by atoms with Gasteiger partial charge in [0.15, 0.2) is 0 Å². The number of hydrogen-bond acceptors (Lipinski definition) is 5. The van der Waals surface area contributed by atoms with E-state index in [-0.39, 0.29) is 23.0 Å². The van der Waals surface area contributed by atoms with E-state index in [4.69, 9.17) is 11.6 Å². The molecule has 0 amide bonds. The molecule has 1 aromatic carbocycles. The number of hydrogen-bond donors (Lipinski definition) is 0. The van der Waals surface area contributed by atoms with E-state index in [2.05, 4.69) is 22.9 Å². The number of rotatable bonds is 3. The second kappa shape index (κ2) is 8.05. The molecule has 1 saturated heterocycles. The molecule has 6 nitrogen and oxygen atoms in total. The lowest BCUT2D eigenvalue weighted by Crippen LogP contribution is -2.48.